The monoisotopic (exact) mass is 432 g/mol. The Labute approximate surface area is 176 Å². The SMILES string of the molecule is CCCCCCCC(=O)N[C@@H](CCN)C(=O)N[C@H](C(=O)N[C@H](CO)C(=O)O)[C@@H](C)O. The molecule has 0 aliphatic heterocycles. The minimum absolute atomic E-state index is 0.103. The van der Waals surface area contributed by atoms with Crippen LogP contribution in [-0.4, -0.2) is 76.4 Å². The Bertz CT molecular complexity index is 557. The summed E-state index contributed by atoms with van der Waals surface area (Å²) in [6.45, 7) is 2.58. The Kier molecular flexibility index (Phi) is 14.4. The second-order valence-corrected chi connectivity index (χ2v) is 7.17. The van der Waals surface area contributed by atoms with Gasteiger partial charge < -0.3 is 37.0 Å². The molecule has 0 aromatic rings. The van der Waals surface area contributed by atoms with Gasteiger partial charge in [-0.25, -0.2) is 4.79 Å². The molecular weight excluding hydrogens is 396 g/mol. The number of nitrogens with one attached hydrogen (secondary N) is 3. The number of unbranched alkanes of at least 4 members (excludes halogenated alkanes) is 4. The van der Waals surface area contributed by atoms with Crippen LogP contribution in [0.1, 0.15) is 58.8 Å². The third-order valence-electron chi connectivity index (χ3n) is 4.47. The van der Waals surface area contributed by atoms with Gasteiger partial charge in [0.25, 0.3) is 0 Å². The third-order valence-corrected chi connectivity index (χ3v) is 4.47. The van der Waals surface area contributed by atoms with Gasteiger partial charge in [-0.1, -0.05) is 32.6 Å². The number of hydrogen-bond donors (Lipinski definition) is 7. The van der Waals surface area contributed by atoms with E-state index in [9.17, 15) is 24.3 Å². The number of nitrogens with two attached hydrogens (primary N) is 1. The number of carbonyl (C=O) groups excluding carboxylic acids is 3. The number of carboxylic acid groups (broad SMARTS) is 1. The lowest BCUT2D eigenvalue weighted by atomic mass is 10.1. The van der Waals surface area contributed by atoms with Crippen LogP contribution < -0.4 is 21.7 Å². The van der Waals surface area contributed by atoms with Crippen LogP contribution in [0.25, 0.3) is 0 Å². The predicted molar refractivity (Wildman–Crippen MR) is 109 cm³/mol. The number of aliphatic hydroxyl groups excluding tert-OH is 2. The molecule has 4 atom stereocenters. The van der Waals surface area contributed by atoms with E-state index < -0.39 is 48.6 Å². The van der Waals surface area contributed by atoms with Crippen LogP contribution in [0.3, 0.4) is 0 Å². The zero-order valence-electron chi connectivity index (χ0n) is 17.7. The molecule has 0 spiro atoms. The van der Waals surface area contributed by atoms with Gasteiger partial charge in [-0.15, -0.1) is 0 Å². The van der Waals surface area contributed by atoms with Crippen molar-refractivity contribution >= 4 is 23.7 Å². The minimum atomic E-state index is -1.58. The molecule has 0 aromatic carbocycles. The highest BCUT2D eigenvalue weighted by Crippen LogP contribution is 2.05. The molecule has 0 bridgehead atoms. The van der Waals surface area contributed by atoms with Crippen LogP contribution in [0.5, 0.6) is 0 Å². The molecule has 174 valence electrons. The molecule has 0 rings (SSSR count). The van der Waals surface area contributed by atoms with E-state index >= 15 is 0 Å². The zero-order chi connectivity index (χ0) is 23.1. The first-order valence-corrected chi connectivity index (χ1v) is 10.3. The maximum absolute atomic E-state index is 12.6. The molecular formula is C19H36N4O7. The van der Waals surface area contributed by atoms with E-state index in [0.29, 0.717) is 6.42 Å². The van der Waals surface area contributed by atoms with Crippen molar-refractivity contribution in [2.24, 2.45) is 5.73 Å². The molecule has 8 N–H and O–H groups in total. The van der Waals surface area contributed by atoms with Gasteiger partial charge in [-0.05, 0) is 26.3 Å². The van der Waals surface area contributed by atoms with Gasteiger partial charge in [-0.3, -0.25) is 14.4 Å². The lowest BCUT2D eigenvalue weighted by Gasteiger charge is -2.25. The molecule has 0 saturated heterocycles. The van der Waals surface area contributed by atoms with Crippen molar-refractivity contribution < 1.29 is 34.5 Å². The Morgan fingerprint density at radius 1 is 0.933 bits per heavy atom. The van der Waals surface area contributed by atoms with Gasteiger partial charge in [-0.2, -0.15) is 0 Å². The summed E-state index contributed by atoms with van der Waals surface area (Å²) in [5, 5.41) is 34.7. The summed E-state index contributed by atoms with van der Waals surface area (Å²) in [4.78, 5) is 47.9. The highest BCUT2D eigenvalue weighted by Gasteiger charge is 2.31. The summed E-state index contributed by atoms with van der Waals surface area (Å²) in [6.07, 6.45) is 3.86. The highest BCUT2D eigenvalue weighted by molar-refractivity contribution is 5.93. The number of carbonyl (C=O) groups is 4. The van der Waals surface area contributed by atoms with Crippen LogP contribution in [0.15, 0.2) is 0 Å². The van der Waals surface area contributed by atoms with Crippen LogP contribution in [0, 0.1) is 0 Å². The maximum Gasteiger partial charge on any atom is 0.328 e. The average Bonchev–Trinajstić information content (AvgIpc) is 2.68. The van der Waals surface area contributed by atoms with Crippen LogP contribution in [0.4, 0.5) is 0 Å². The fraction of sp³-hybridized carbons (Fsp3) is 0.789. The lowest BCUT2D eigenvalue weighted by molar-refractivity contribution is -0.144. The van der Waals surface area contributed by atoms with Gasteiger partial charge in [0.2, 0.25) is 17.7 Å². The van der Waals surface area contributed by atoms with E-state index in [1.165, 1.54) is 6.92 Å². The van der Waals surface area contributed by atoms with Gasteiger partial charge in [0.05, 0.1) is 12.7 Å². The molecule has 0 unspecified atom stereocenters. The smallest absolute Gasteiger partial charge is 0.328 e. The van der Waals surface area contributed by atoms with E-state index in [2.05, 4.69) is 17.6 Å². The molecule has 30 heavy (non-hydrogen) atoms. The molecule has 3 amide bonds. The summed E-state index contributed by atoms with van der Waals surface area (Å²) >= 11 is 0. The first-order valence-electron chi connectivity index (χ1n) is 10.3. The van der Waals surface area contributed by atoms with E-state index in [1.807, 2.05) is 5.32 Å². The Hall–Kier alpha value is -2.24. The van der Waals surface area contributed by atoms with E-state index in [0.717, 1.165) is 25.7 Å². The summed E-state index contributed by atoms with van der Waals surface area (Å²) in [5.74, 6) is -3.48. The highest BCUT2D eigenvalue weighted by atomic mass is 16.4. The van der Waals surface area contributed by atoms with Crippen molar-refractivity contribution in [3.8, 4) is 0 Å². The Balaban J connectivity index is 4.90. The van der Waals surface area contributed by atoms with Crippen molar-refractivity contribution in [3.63, 3.8) is 0 Å². The van der Waals surface area contributed by atoms with Crippen molar-refractivity contribution in [2.75, 3.05) is 13.2 Å². The first-order chi connectivity index (χ1) is 14.2. The number of hydrogen-bond acceptors (Lipinski definition) is 7. The summed E-state index contributed by atoms with van der Waals surface area (Å²) in [7, 11) is 0. The van der Waals surface area contributed by atoms with Gasteiger partial charge in [0.1, 0.15) is 18.1 Å². The molecule has 0 saturated carbocycles. The number of aliphatic carboxylic acids is 1. The number of amides is 3. The first kappa shape index (κ1) is 27.8. The van der Waals surface area contributed by atoms with Gasteiger partial charge in [0.15, 0.2) is 0 Å². The fourth-order valence-corrected chi connectivity index (χ4v) is 2.70. The van der Waals surface area contributed by atoms with Gasteiger partial charge in [0, 0.05) is 6.42 Å². The summed E-state index contributed by atoms with van der Waals surface area (Å²) in [5.41, 5.74) is 5.51. The third kappa shape index (κ3) is 11.1. The van der Waals surface area contributed by atoms with Crippen molar-refractivity contribution in [1.82, 2.24) is 16.0 Å². The molecule has 11 nitrogen and oxygen atoms in total. The lowest BCUT2D eigenvalue weighted by Crippen LogP contribution is -2.59. The number of aliphatic hydroxyl groups is 2. The van der Waals surface area contributed by atoms with Crippen LogP contribution >= 0.6 is 0 Å². The van der Waals surface area contributed by atoms with E-state index in [-0.39, 0.29) is 25.3 Å². The standard InChI is InChI=1S/C19H36N4O7/c1-3-4-5-6-7-8-15(26)21-13(9-10-20)17(27)23-16(12(2)25)18(28)22-14(11-24)19(29)30/h12-14,16,24-25H,3-11,20H2,1-2H3,(H,21,26)(H,22,28)(H,23,27)(H,29,30)/t12-,13+,14-,16+/m1/s1. The molecule has 0 aromatic heterocycles. The van der Waals surface area contributed by atoms with E-state index in [4.69, 9.17) is 15.9 Å². The average molecular weight is 433 g/mol. The number of rotatable bonds is 16. The van der Waals surface area contributed by atoms with Crippen LogP contribution in [-0.2, 0) is 19.2 Å². The molecule has 0 fully saturated rings. The quantitative estimate of drug-likeness (QED) is 0.145. The van der Waals surface area contributed by atoms with Crippen molar-refractivity contribution in [2.45, 2.75) is 83.0 Å². The second-order valence-electron chi connectivity index (χ2n) is 7.17. The fourth-order valence-electron chi connectivity index (χ4n) is 2.70. The molecule has 11 heteroatoms. The minimum Gasteiger partial charge on any atom is -0.480 e. The Morgan fingerprint density at radius 2 is 1.57 bits per heavy atom. The van der Waals surface area contributed by atoms with Gasteiger partial charge >= 0.3 is 5.97 Å². The zero-order valence-corrected chi connectivity index (χ0v) is 17.7. The number of carboxylic acids is 1. The normalized spacial score (nSPS) is 14.8. The predicted octanol–water partition coefficient (Wildman–Crippen LogP) is -1.39. The molecule has 0 aliphatic rings. The molecule has 0 heterocycles. The van der Waals surface area contributed by atoms with Crippen molar-refractivity contribution in [3.05, 3.63) is 0 Å². The summed E-state index contributed by atoms with van der Waals surface area (Å²) < 4.78 is 0. The maximum atomic E-state index is 12.6. The topological polar surface area (TPSA) is 191 Å². The van der Waals surface area contributed by atoms with Crippen molar-refractivity contribution in [1.29, 1.82) is 0 Å². The second kappa shape index (κ2) is 15.6. The summed E-state index contributed by atoms with van der Waals surface area (Å²) in [6, 6.07) is -4.06. The Morgan fingerprint density at radius 3 is 2.07 bits per heavy atom. The molecule has 0 aliphatic carbocycles. The molecule has 0 radical (unpaired) electrons. The largest absolute Gasteiger partial charge is 0.480 e. The van der Waals surface area contributed by atoms with E-state index in [1.54, 1.807) is 0 Å². The van der Waals surface area contributed by atoms with Crippen LogP contribution in [0.2, 0.25) is 0 Å².